The summed E-state index contributed by atoms with van der Waals surface area (Å²) >= 11 is 36.9. The van der Waals surface area contributed by atoms with Crippen molar-refractivity contribution in [3.05, 3.63) is 184 Å². The van der Waals surface area contributed by atoms with E-state index in [-0.39, 0.29) is 11.5 Å². The maximum Gasteiger partial charge on any atom is 0.339 e. The number of benzene rings is 4. The van der Waals surface area contributed by atoms with Gasteiger partial charge in [-0.25, -0.2) is 9.59 Å². The second-order valence-electron chi connectivity index (χ2n) is 14.9. The van der Waals surface area contributed by atoms with E-state index in [1.54, 1.807) is 55.7 Å². The molecule has 8 rings (SSSR count). The van der Waals surface area contributed by atoms with E-state index in [9.17, 15) is 14.7 Å². The van der Waals surface area contributed by atoms with Crippen molar-refractivity contribution >= 4 is 104 Å². The summed E-state index contributed by atoms with van der Waals surface area (Å²) in [6.45, 7) is 2.77. The second kappa shape index (κ2) is 21.7. The van der Waals surface area contributed by atoms with Crippen molar-refractivity contribution in [1.82, 2.24) is 9.97 Å². The van der Waals surface area contributed by atoms with E-state index < -0.39 is 5.97 Å². The fourth-order valence-corrected chi connectivity index (χ4v) is 8.67. The van der Waals surface area contributed by atoms with E-state index in [4.69, 9.17) is 83.8 Å². The van der Waals surface area contributed by atoms with Crippen LogP contribution in [0.1, 0.15) is 99.5 Å². The number of nitrogens with zero attached hydrogens (tertiary/aromatic N) is 2. The molecule has 0 aliphatic heterocycles. The molecule has 2 aromatic heterocycles. The number of carboxylic acid groups (broad SMARTS) is 1. The molecule has 0 atom stereocenters. The van der Waals surface area contributed by atoms with Crippen LogP contribution in [-0.2, 0) is 18.0 Å². The van der Waals surface area contributed by atoms with Gasteiger partial charge in [0.25, 0.3) is 0 Å². The lowest BCUT2D eigenvalue weighted by molar-refractivity contribution is 0.0525. The van der Waals surface area contributed by atoms with Gasteiger partial charge in [0, 0.05) is 46.0 Å². The van der Waals surface area contributed by atoms with Crippen LogP contribution in [0.4, 0.5) is 0 Å². The van der Waals surface area contributed by atoms with Crippen LogP contribution in [0.3, 0.4) is 0 Å². The summed E-state index contributed by atoms with van der Waals surface area (Å²) in [5.41, 5.74) is 10.4. The number of carboxylic acids is 1. The lowest BCUT2D eigenvalue weighted by Crippen LogP contribution is -2.05. The Morgan fingerprint density at radius 1 is 0.547 bits per heavy atom. The van der Waals surface area contributed by atoms with E-state index in [1.165, 1.54) is 12.4 Å². The average Bonchev–Trinajstić information content (AvgIpc) is 4.00. The summed E-state index contributed by atoms with van der Waals surface area (Å²) in [5, 5.41) is 12.5. The molecule has 328 valence electrons. The Kier molecular flexibility index (Phi) is 15.9. The number of carbonyl (C=O) groups excluding carboxylic acids is 1. The van der Waals surface area contributed by atoms with Crippen LogP contribution in [0.25, 0.3) is 22.3 Å². The molecule has 2 heterocycles. The molecule has 0 saturated heterocycles. The smallest absolute Gasteiger partial charge is 0.339 e. The third kappa shape index (κ3) is 11.6. The Morgan fingerprint density at radius 2 is 1.00 bits per heavy atom. The number of rotatable bonds is 13. The van der Waals surface area contributed by atoms with Crippen molar-refractivity contribution in [3.63, 3.8) is 0 Å². The van der Waals surface area contributed by atoms with Gasteiger partial charge in [0.05, 0.1) is 37.8 Å². The van der Waals surface area contributed by atoms with Gasteiger partial charge in [-0.2, -0.15) is 0 Å². The highest BCUT2D eigenvalue weighted by atomic mass is 35.5. The molecule has 4 aromatic carbocycles. The Morgan fingerprint density at radius 3 is 1.45 bits per heavy atom. The van der Waals surface area contributed by atoms with Crippen LogP contribution < -0.4 is 9.47 Å². The number of esters is 1. The van der Waals surface area contributed by atoms with Crippen LogP contribution in [0, 0.1) is 0 Å². The van der Waals surface area contributed by atoms with Crippen LogP contribution in [0.15, 0.2) is 110 Å². The van der Waals surface area contributed by atoms with E-state index in [0.717, 1.165) is 99.9 Å². The van der Waals surface area contributed by atoms with Gasteiger partial charge in [-0.05, 0) is 163 Å². The predicted octanol–water partition coefficient (Wildman–Crippen LogP) is 15.3. The van der Waals surface area contributed by atoms with E-state index >= 15 is 0 Å². The summed E-state index contributed by atoms with van der Waals surface area (Å²) < 4.78 is 17.4. The SMILES string of the molecule is CCOC(=O)c1cncc(C2=C(c3cc(Cl)ccc3OCc3ccc(Cl)c(Cl)c3)CCC2)c1.O=C(O)c1cncc(C2=C(c3cc(Cl)ccc3OCc3ccc(Cl)c(Cl)c3)CCC2)c1. The third-order valence-corrected chi connectivity index (χ3v) is 12.6. The van der Waals surface area contributed by atoms with E-state index in [1.807, 2.05) is 48.5 Å². The highest BCUT2D eigenvalue weighted by Crippen LogP contribution is 2.45. The number of carbonyl (C=O) groups is 2. The first-order valence-corrected chi connectivity index (χ1v) is 22.6. The van der Waals surface area contributed by atoms with Crippen molar-refractivity contribution in [1.29, 1.82) is 0 Å². The quantitative estimate of drug-likeness (QED) is 0.114. The van der Waals surface area contributed by atoms with Crippen LogP contribution in [0.2, 0.25) is 30.1 Å². The molecule has 8 nitrogen and oxygen atoms in total. The molecule has 1 N–H and O–H groups in total. The molecule has 14 heteroatoms. The zero-order valence-corrected chi connectivity index (χ0v) is 38.9. The second-order valence-corrected chi connectivity index (χ2v) is 17.4. The van der Waals surface area contributed by atoms with Gasteiger partial charge in [0.2, 0.25) is 0 Å². The van der Waals surface area contributed by atoms with Gasteiger partial charge in [0.15, 0.2) is 0 Å². The maximum atomic E-state index is 12.2. The van der Waals surface area contributed by atoms with Gasteiger partial charge in [-0.3, -0.25) is 9.97 Å². The third-order valence-electron chi connectivity index (χ3n) is 10.7. The topological polar surface area (TPSA) is 108 Å². The average molecular weight is 978 g/mol. The maximum absolute atomic E-state index is 12.2. The minimum atomic E-state index is -0.997. The molecule has 0 fully saturated rings. The Labute approximate surface area is 401 Å². The number of aromatic carboxylic acids is 1. The van der Waals surface area contributed by atoms with E-state index in [0.29, 0.717) is 61.3 Å². The first-order valence-electron chi connectivity index (χ1n) is 20.4. The Balaban J connectivity index is 0.000000192. The van der Waals surface area contributed by atoms with Crippen LogP contribution >= 0.6 is 69.6 Å². The zero-order chi connectivity index (χ0) is 45.3. The molecule has 64 heavy (non-hydrogen) atoms. The highest BCUT2D eigenvalue weighted by molar-refractivity contribution is 6.42. The van der Waals surface area contributed by atoms with Crippen molar-refractivity contribution in [2.24, 2.45) is 0 Å². The number of hydrogen-bond donors (Lipinski definition) is 1. The normalized spacial score (nSPS) is 13.4. The summed E-state index contributed by atoms with van der Waals surface area (Å²) in [6, 6.07) is 25.5. The first kappa shape index (κ1) is 46.9. The number of halogens is 6. The van der Waals surface area contributed by atoms with Crippen molar-refractivity contribution < 1.29 is 28.9 Å². The minimum absolute atomic E-state index is 0.165. The number of ether oxygens (including phenoxy) is 3. The van der Waals surface area contributed by atoms with Crippen molar-refractivity contribution in [2.45, 2.75) is 58.7 Å². The highest BCUT2D eigenvalue weighted by Gasteiger charge is 2.24. The predicted molar refractivity (Wildman–Crippen MR) is 257 cm³/mol. The van der Waals surface area contributed by atoms with Gasteiger partial charge in [-0.1, -0.05) is 81.7 Å². The summed E-state index contributed by atoms with van der Waals surface area (Å²) in [5.74, 6) is 0.0601. The zero-order valence-electron chi connectivity index (χ0n) is 34.4. The minimum Gasteiger partial charge on any atom is -0.488 e. The molecular formula is C50H40Cl6N2O6. The summed E-state index contributed by atoms with van der Waals surface area (Å²) in [4.78, 5) is 32.0. The van der Waals surface area contributed by atoms with Gasteiger partial charge in [0.1, 0.15) is 24.7 Å². The summed E-state index contributed by atoms with van der Waals surface area (Å²) in [6.07, 6.45) is 11.7. The molecule has 6 aromatic rings. The lowest BCUT2D eigenvalue weighted by Gasteiger charge is -2.15. The molecule has 0 spiro atoms. The molecule has 0 unspecified atom stereocenters. The first-order chi connectivity index (χ1) is 30.9. The standard InChI is InChI=1S/C26H22Cl3NO3.C24H18Cl3NO3/c1-2-32-26(31)18-11-17(13-30-14-18)20-4-3-5-21(20)22-12-19(27)7-9-25(22)33-15-16-6-8-23(28)24(29)10-16;25-17-5-7-23(31-13-14-4-6-21(26)22(27)8-14)20(10-17)19-3-1-2-18(19)15-9-16(24(29)30)12-28-11-15/h6-14H,2-5,15H2,1H3;4-12H,1-3,13H2,(H,29,30). The number of pyridine rings is 2. The van der Waals surface area contributed by atoms with Crippen LogP contribution in [-0.4, -0.2) is 33.6 Å². The largest absolute Gasteiger partial charge is 0.488 e. The van der Waals surface area contributed by atoms with Gasteiger partial charge < -0.3 is 19.3 Å². The Bertz CT molecular complexity index is 2790. The molecule has 2 aliphatic carbocycles. The number of aromatic nitrogens is 2. The van der Waals surface area contributed by atoms with Crippen LogP contribution in [0.5, 0.6) is 11.5 Å². The Hall–Kier alpha value is -5.06. The molecule has 0 bridgehead atoms. The van der Waals surface area contributed by atoms with Crippen molar-refractivity contribution in [3.8, 4) is 11.5 Å². The van der Waals surface area contributed by atoms with E-state index in [2.05, 4.69) is 9.97 Å². The van der Waals surface area contributed by atoms with Crippen molar-refractivity contribution in [2.75, 3.05) is 6.61 Å². The fourth-order valence-electron chi connectivity index (χ4n) is 7.68. The molecule has 0 saturated carbocycles. The molecule has 2 aliphatic rings. The number of hydrogen-bond acceptors (Lipinski definition) is 7. The van der Waals surface area contributed by atoms with Gasteiger partial charge in [-0.15, -0.1) is 0 Å². The fraction of sp³-hybridized carbons (Fsp3) is 0.200. The molecule has 0 amide bonds. The lowest BCUT2D eigenvalue weighted by atomic mass is 9.96. The molecule has 0 radical (unpaired) electrons. The number of allylic oxidation sites excluding steroid dienone is 4. The monoisotopic (exact) mass is 974 g/mol. The summed E-state index contributed by atoms with van der Waals surface area (Å²) in [7, 11) is 0. The van der Waals surface area contributed by atoms with Gasteiger partial charge >= 0.3 is 11.9 Å². The molecular weight excluding hydrogens is 937 g/mol.